The van der Waals surface area contributed by atoms with E-state index in [1.54, 1.807) is 6.92 Å². The van der Waals surface area contributed by atoms with E-state index in [0.717, 1.165) is 0 Å². The van der Waals surface area contributed by atoms with Gasteiger partial charge in [-0.25, -0.2) is 4.39 Å². The molecule has 1 saturated heterocycles. The molecule has 2 N–H and O–H groups in total. The van der Waals surface area contributed by atoms with Crippen LogP contribution in [0.5, 0.6) is 0 Å². The summed E-state index contributed by atoms with van der Waals surface area (Å²) in [7, 11) is 5.28. The van der Waals surface area contributed by atoms with Gasteiger partial charge in [-0.3, -0.25) is 0 Å². The zero-order valence-corrected chi connectivity index (χ0v) is 6.90. The monoisotopic (exact) mass is 174 g/mol. The Morgan fingerprint density at radius 3 is 2.17 bits per heavy atom. The van der Waals surface area contributed by atoms with Gasteiger partial charge in [0.1, 0.15) is 19.6 Å². The zero-order valence-electron chi connectivity index (χ0n) is 6.90. The second-order valence-electron chi connectivity index (χ2n) is 3.20. The summed E-state index contributed by atoms with van der Waals surface area (Å²) in [5.74, 6) is -0.581. The summed E-state index contributed by atoms with van der Waals surface area (Å²) in [4.78, 5) is 0. The zero-order chi connectivity index (χ0) is 9.35. The molecule has 1 aliphatic heterocycles. The first-order valence-corrected chi connectivity index (χ1v) is 3.86. The molecule has 0 amide bonds. The lowest BCUT2D eigenvalue weighted by molar-refractivity contribution is -0.0991. The number of ether oxygens (including phenoxy) is 1. The third kappa shape index (κ3) is 1.26. The fourth-order valence-electron chi connectivity index (χ4n) is 1.43. The maximum atomic E-state index is 13.1. The average Bonchev–Trinajstić information content (AvgIpc) is 2.30. The highest BCUT2D eigenvalue weighted by molar-refractivity contribution is 6.11. The molecule has 1 fully saturated rings. The van der Waals surface area contributed by atoms with Crippen LogP contribution in [0.2, 0.25) is 0 Å². The molecular formula is C7H12BFO3. The molecule has 12 heavy (non-hydrogen) atoms. The van der Waals surface area contributed by atoms with Crippen LogP contribution in [0.3, 0.4) is 0 Å². The summed E-state index contributed by atoms with van der Waals surface area (Å²) < 4.78 is 18.1. The summed E-state index contributed by atoms with van der Waals surface area (Å²) in [5, 5.41) is 17.8. The number of hydrogen-bond donors (Lipinski definition) is 2. The summed E-state index contributed by atoms with van der Waals surface area (Å²) in [5.41, 5.74) is -1.21. The van der Waals surface area contributed by atoms with Crippen LogP contribution in [0.15, 0.2) is 0 Å². The molecule has 1 rings (SSSR count). The van der Waals surface area contributed by atoms with Gasteiger partial charge >= 0.3 is 0 Å². The van der Waals surface area contributed by atoms with Crippen molar-refractivity contribution in [2.75, 3.05) is 13.2 Å². The predicted molar refractivity (Wildman–Crippen MR) is 41.6 cm³/mol. The molecule has 5 heteroatoms. The Labute approximate surface area is 71.9 Å². The normalized spacial score (nSPS) is 40.2. The second kappa shape index (κ2) is 3.32. The molecule has 0 saturated carbocycles. The molecule has 0 aliphatic carbocycles. The Morgan fingerprint density at radius 1 is 1.50 bits per heavy atom. The van der Waals surface area contributed by atoms with Gasteiger partial charge in [0.25, 0.3) is 0 Å². The van der Waals surface area contributed by atoms with Crippen molar-refractivity contribution in [2.24, 2.45) is 5.92 Å². The third-order valence-corrected chi connectivity index (χ3v) is 2.53. The highest BCUT2D eigenvalue weighted by atomic mass is 19.1. The van der Waals surface area contributed by atoms with Gasteiger partial charge in [0.05, 0.1) is 13.2 Å². The van der Waals surface area contributed by atoms with Gasteiger partial charge in [0, 0.05) is 11.9 Å². The lowest BCUT2D eigenvalue weighted by Gasteiger charge is -2.28. The Bertz CT molecular complexity index is 163. The lowest BCUT2D eigenvalue weighted by atomic mass is 9.84. The van der Waals surface area contributed by atoms with E-state index in [2.05, 4.69) is 0 Å². The fraction of sp³-hybridized carbons (Fsp3) is 1.00. The van der Waals surface area contributed by atoms with Gasteiger partial charge in [-0.05, 0) is 0 Å². The van der Waals surface area contributed by atoms with Gasteiger partial charge in [-0.2, -0.15) is 0 Å². The number of alkyl halides is 1. The van der Waals surface area contributed by atoms with Crippen molar-refractivity contribution in [2.45, 2.75) is 24.7 Å². The van der Waals surface area contributed by atoms with Crippen molar-refractivity contribution in [3.8, 4) is 0 Å². The first-order valence-electron chi connectivity index (χ1n) is 3.86. The van der Waals surface area contributed by atoms with Crippen molar-refractivity contribution in [3.05, 3.63) is 0 Å². The summed E-state index contributed by atoms with van der Waals surface area (Å²) in [6.45, 7) is 0.724. The molecule has 68 valence electrons. The van der Waals surface area contributed by atoms with Crippen LogP contribution < -0.4 is 0 Å². The summed E-state index contributed by atoms with van der Waals surface area (Å²) in [6.07, 6.45) is -1.33. The standard InChI is InChI=1S/C7H12BFO3/c1-4-5(9)6(8)12-7(4,2-10)3-11/h4-6,10-11H,2-3H2,1H3/t4?,5-,6+/m0/s1. The first kappa shape index (κ1) is 9.96. The van der Waals surface area contributed by atoms with Crippen LogP contribution in [0, 0.1) is 5.92 Å². The van der Waals surface area contributed by atoms with E-state index < -0.39 is 36.9 Å². The van der Waals surface area contributed by atoms with Gasteiger partial charge in [0.15, 0.2) is 0 Å². The number of aliphatic hydroxyl groups excluding tert-OH is 2. The van der Waals surface area contributed by atoms with E-state index in [1.807, 2.05) is 0 Å². The molecule has 3 atom stereocenters. The molecule has 1 unspecified atom stereocenters. The van der Waals surface area contributed by atoms with Crippen LogP contribution >= 0.6 is 0 Å². The van der Waals surface area contributed by atoms with Crippen LogP contribution in [0.1, 0.15) is 6.92 Å². The average molecular weight is 174 g/mol. The highest BCUT2D eigenvalue weighted by Gasteiger charge is 2.50. The van der Waals surface area contributed by atoms with E-state index in [1.165, 1.54) is 0 Å². The smallest absolute Gasteiger partial charge is 0.123 e. The molecule has 0 aromatic heterocycles. The minimum Gasteiger partial charge on any atom is -0.393 e. The van der Waals surface area contributed by atoms with E-state index in [-0.39, 0.29) is 0 Å². The van der Waals surface area contributed by atoms with Crippen LogP contribution in [-0.4, -0.2) is 49.0 Å². The number of halogens is 1. The SMILES string of the molecule is [B][C@@H]1OC(CO)(CO)C(C)[C@@H]1F. The van der Waals surface area contributed by atoms with E-state index in [4.69, 9.17) is 22.8 Å². The van der Waals surface area contributed by atoms with Gasteiger partial charge in [0.2, 0.25) is 0 Å². The van der Waals surface area contributed by atoms with Crippen LogP contribution in [-0.2, 0) is 4.74 Å². The molecule has 3 nitrogen and oxygen atoms in total. The molecule has 0 aromatic carbocycles. The molecule has 1 aliphatic rings. The van der Waals surface area contributed by atoms with Crippen molar-refractivity contribution >= 4 is 7.85 Å². The Morgan fingerprint density at radius 2 is 2.00 bits per heavy atom. The number of rotatable bonds is 2. The predicted octanol–water partition coefficient (Wildman–Crippen LogP) is -0.791. The minimum atomic E-state index is -1.33. The van der Waals surface area contributed by atoms with Gasteiger partial charge in [-0.15, -0.1) is 0 Å². The van der Waals surface area contributed by atoms with E-state index in [9.17, 15) is 4.39 Å². The third-order valence-electron chi connectivity index (χ3n) is 2.53. The molecule has 0 spiro atoms. The maximum absolute atomic E-state index is 13.1. The Balaban J connectivity index is 2.79. The van der Waals surface area contributed by atoms with E-state index >= 15 is 0 Å². The van der Waals surface area contributed by atoms with Crippen molar-refractivity contribution in [1.29, 1.82) is 0 Å². The molecule has 2 radical (unpaired) electrons. The van der Waals surface area contributed by atoms with Crippen LogP contribution in [0.4, 0.5) is 4.39 Å². The number of hydrogen-bond acceptors (Lipinski definition) is 3. The van der Waals surface area contributed by atoms with Crippen molar-refractivity contribution in [3.63, 3.8) is 0 Å². The minimum absolute atomic E-state index is 0.418. The molecule has 0 bridgehead atoms. The number of aliphatic hydroxyl groups is 2. The quantitative estimate of drug-likeness (QED) is 0.539. The topological polar surface area (TPSA) is 49.7 Å². The largest absolute Gasteiger partial charge is 0.393 e. The lowest BCUT2D eigenvalue weighted by Crippen LogP contribution is -2.43. The summed E-state index contributed by atoms with van der Waals surface area (Å²) >= 11 is 0. The summed E-state index contributed by atoms with van der Waals surface area (Å²) in [6, 6.07) is -1.04. The molecule has 0 aromatic rings. The fourth-order valence-corrected chi connectivity index (χ4v) is 1.43. The molecular weight excluding hydrogens is 162 g/mol. The van der Waals surface area contributed by atoms with Crippen LogP contribution in [0.25, 0.3) is 0 Å². The van der Waals surface area contributed by atoms with Crippen molar-refractivity contribution < 1.29 is 19.3 Å². The second-order valence-corrected chi connectivity index (χ2v) is 3.20. The maximum Gasteiger partial charge on any atom is 0.123 e. The molecule has 1 heterocycles. The van der Waals surface area contributed by atoms with Gasteiger partial charge in [-0.1, -0.05) is 6.92 Å². The van der Waals surface area contributed by atoms with E-state index in [0.29, 0.717) is 0 Å². The van der Waals surface area contributed by atoms with Crippen molar-refractivity contribution in [1.82, 2.24) is 0 Å². The first-order chi connectivity index (χ1) is 5.57. The Kier molecular flexibility index (Phi) is 2.75. The highest BCUT2D eigenvalue weighted by Crippen LogP contribution is 2.36. The Hall–Kier alpha value is -0.125. The van der Waals surface area contributed by atoms with Gasteiger partial charge < -0.3 is 14.9 Å².